The topological polar surface area (TPSA) is 352 Å². The predicted octanol–water partition coefficient (Wildman–Crippen LogP) is 14.4. The first-order valence-electron chi connectivity index (χ1n) is 46.4. The Morgan fingerprint density at radius 3 is 0.886 bits per heavy atom. The molecule has 0 aliphatic carbocycles. The summed E-state index contributed by atoms with van der Waals surface area (Å²) in [6.45, 7) is 81.4. The van der Waals surface area contributed by atoms with Crippen molar-refractivity contribution in [3.05, 3.63) is 0 Å². The number of ether oxygens (including phenoxy) is 11. The van der Waals surface area contributed by atoms with Crippen LogP contribution in [0.4, 0.5) is 0 Å². The number of carbonyl (C=O) groups excluding carboxylic acids is 5. The van der Waals surface area contributed by atoms with Gasteiger partial charge in [-0.2, -0.15) is 0 Å². The van der Waals surface area contributed by atoms with Crippen LogP contribution < -0.4 is 37.2 Å². The summed E-state index contributed by atoms with van der Waals surface area (Å²) in [5.74, 6) is 0.628. The largest absolute Gasteiger partial charge is 0.396 e. The molecule has 0 rings (SSSR count). The average molecular weight is 1770 g/mol. The minimum Gasteiger partial charge on any atom is -0.396 e. The Morgan fingerprint density at radius 1 is 0.260 bits per heavy atom. The van der Waals surface area contributed by atoms with Crippen LogP contribution in [0.15, 0.2) is 0 Å². The van der Waals surface area contributed by atoms with E-state index < -0.39 is 6.04 Å². The number of hydrogen-bond donors (Lipinski definition) is 11. The normalized spacial score (nSPS) is 14.2. The first-order valence-corrected chi connectivity index (χ1v) is 46.4. The first-order chi connectivity index (χ1) is 56.2. The van der Waals surface area contributed by atoms with E-state index in [0.717, 1.165) is 96.6 Å². The van der Waals surface area contributed by atoms with Gasteiger partial charge in [0.15, 0.2) is 0 Å². The number of aliphatic hydroxyl groups is 4. The van der Waals surface area contributed by atoms with Gasteiger partial charge in [0.1, 0.15) is 12.1 Å². The highest BCUT2D eigenvalue weighted by Gasteiger charge is 2.29. The Hall–Kier alpha value is -3.33. The molecule has 123 heavy (non-hydrogen) atoms. The van der Waals surface area contributed by atoms with Gasteiger partial charge in [-0.1, -0.05) is 102 Å². The molecule has 27 nitrogen and oxygen atoms in total. The minimum absolute atomic E-state index is 0.0168. The molecule has 0 aliphatic rings. The van der Waals surface area contributed by atoms with Crippen LogP contribution in [0.2, 0.25) is 0 Å². The summed E-state index contributed by atoms with van der Waals surface area (Å²) in [7, 11) is 0. The molecule has 0 fully saturated rings. The second-order valence-corrected chi connectivity index (χ2v) is 43.8. The molecule has 0 bridgehead atoms. The quantitative estimate of drug-likeness (QED) is 0.0252. The monoisotopic (exact) mass is 1770 g/mol. The summed E-state index contributed by atoms with van der Waals surface area (Å²) in [5.41, 5.74) is -2.48. The lowest BCUT2D eigenvalue weighted by molar-refractivity contribution is -0.129. The third-order valence-corrected chi connectivity index (χ3v) is 17.3. The zero-order valence-electron chi connectivity index (χ0n) is 85.7. The number of amides is 5. The lowest BCUT2D eigenvalue weighted by Crippen LogP contribution is -2.54. The van der Waals surface area contributed by atoms with Crippen LogP contribution >= 0.6 is 0 Å². The fraction of sp³-hybridized carbons (Fsp3) is 0.948. The summed E-state index contributed by atoms with van der Waals surface area (Å²) in [6.07, 6.45) is 13.3. The molecule has 738 valence electrons. The van der Waals surface area contributed by atoms with E-state index in [0.29, 0.717) is 119 Å². The fourth-order valence-electron chi connectivity index (χ4n) is 9.97. The second kappa shape index (κ2) is 68.7. The maximum Gasteiger partial charge on any atom is 0.239 e. The van der Waals surface area contributed by atoms with Crippen molar-refractivity contribution in [1.29, 1.82) is 0 Å². The van der Waals surface area contributed by atoms with Gasteiger partial charge in [0, 0.05) is 130 Å². The summed E-state index contributed by atoms with van der Waals surface area (Å²) in [6, 6.07) is -0.537. The molecule has 6 atom stereocenters. The van der Waals surface area contributed by atoms with Crippen molar-refractivity contribution in [2.45, 2.75) is 395 Å². The molecule has 0 saturated heterocycles. The molecule has 0 heterocycles. The molecule has 0 aromatic carbocycles. The average Bonchev–Trinajstić information content (AvgIpc) is 0.885. The summed E-state index contributed by atoms with van der Waals surface area (Å²) in [4.78, 5) is 59.9. The van der Waals surface area contributed by atoms with Crippen LogP contribution in [0.3, 0.4) is 0 Å². The van der Waals surface area contributed by atoms with Crippen LogP contribution in [-0.4, -0.2) is 271 Å². The van der Waals surface area contributed by atoms with Crippen LogP contribution in [-0.2, 0) is 76.1 Å². The summed E-state index contributed by atoms with van der Waals surface area (Å²) in [5, 5.41) is 58.9. The number of aliphatic hydroxyl groups excluding tert-OH is 4. The first kappa shape index (κ1) is 128. The Balaban J connectivity index is -0.000000480. The van der Waals surface area contributed by atoms with Crippen molar-refractivity contribution < 1.29 is 96.5 Å². The summed E-state index contributed by atoms with van der Waals surface area (Å²) < 4.78 is 62.2. The smallest absolute Gasteiger partial charge is 0.239 e. The Kier molecular flexibility index (Phi) is 71.6. The minimum atomic E-state index is -0.391. The Labute approximate surface area is 753 Å². The van der Waals surface area contributed by atoms with Gasteiger partial charge >= 0.3 is 0 Å². The molecule has 0 radical (unpaired) electrons. The van der Waals surface area contributed by atoms with E-state index >= 15 is 0 Å². The zero-order chi connectivity index (χ0) is 96.0. The van der Waals surface area contributed by atoms with E-state index in [1.165, 1.54) is 6.42 Å². The van der Waals surface area contributed by atoms with Crippen LogP contribution in [0.1, 0.15) is 332 Å². The molecule has 0 spiro atoms. The van der Waals surface area contributed by atoms with Gasteiger partial charge in [-0.15, -0.1) is 0 Å². The van der Waals surface area contributed by atoms with Gasteiger partial charge in [-0.25, -0.2) is 0 Å². The third-order valence-electron chi connectivity index (χ3n) is 17.3. The molecule has 0 saturated carbocycles. The van der Waals surface area contributed by atoms with E-state index in [1.807, 2.05) is 222 Å². The second-order valence-electron chi connectivity index (χ2n) is 43.8. The zero-order valence-corrected chi connectivity index (χ0v) is 85.7. The third kappa shape index (κ3) is 96.1. The number of nitrogens with one attached hydrogen (secondary N) is 7. The Morgan fingerprint density at radius 2 is 0.537 bits per heavy atom. The van der Waals surface area contributed by atoms with Crippen molar-refractivity contribution in [1.82, 2.24) is 37.2 Å². The highest BCUT2D eigenvalue weighted by Crippen LogP contribution is 2.21. The van der Waals surface area contributed by atoms with Crippen LogP contribution in [0, 0.1) is 39.9 Å². The van der Waals surface area contributed by atoms with Gasteiger partial charge in [0.05, 0.1) is 118 Å². The van der Waals surface area contributed by atoms with Crippen molar-refractivity contribution in [2.75, 3.05) is 158 Å². The summed E-state index contributed by atoms with van der Waals surface area (Å²) >= 11 is 0. The molecule has 27 heteroatoms. The molecule has 0 aromatic rings. The SMILES string of the molecule is CC(C)(C)N[C@@H](COC(C)(C)C)C(=O)NCCCCOCCOCCC(CO)COC(C)(C)C.CC(C)(C)OCC(CO)CCCCNC(=O)C(C)(C)C.CC(C)(C)OCC(CO)COCCOCCCNC(=O)C(C)(C)C.CC(C)(C)OCCCCCCNC(=O)C(C)(C)C.CC(C)N[C@@H](COC(C)(C)C)C(=O)NCCCCC(CO)COC(C)(C)C. The predicted molar refractivity (Wildman–Crippen MR) is 502 cm³/mol. The standard InChI is InChI=1S/C26H54N2O6.C21H44N2O4.C18H37NO5.C16H33NO3.C15H31NO2/c1-24(2,3)28-22(20-34-26(7,8)9)23(30)27-13-10-11-14-31-16-17-32-15-12-21(18-29)19-33-25(4,5)6;1-16(2)23-18(15-27-21(6,7)8)19(25)22-12-10-9-11-17(13-24)14-26-20(3,4)5;1-17(2,3)16(21)19-8-7-9-22-10-11-23-13-15(12-20)14-24-18(4,5)6;1-15(2,3)14(19)17-10-8-7-9-13(11-18)12-20-16(4,5)6;1-14(2,3)13(17)16-11-9-7-8-10-12-18-15(4,5)6/h21-22,28-29H,10-20H2,1-9H3,(H,27,30);16-18,23-24H,9-15H2,1-8H3,(H,22,25);15,20H,7-14H2,1-6H3,(H,19,21);13,18H,7-12H2,1-6H3,(H,17,19);7-12H2,1-6H3,(H,16,17)/t21?,22-;17?,18-;;;/m00.../s1. The molecule has 11 N–H and O–H groups in total. The number of hydrogen-bond acceptors (Lipinski definition) is 22. The van der Waals surface area contributed by atoms with Crippen molar-refractivity contribution in [2.24, 2.45) is 39.9 Å². The van der Waals surface area contributed by atoms with Crippen molar-refractivity contribution in [3.63, 3.8) is 0 Å². The fourth-order valence-corrected chi connectivity index (χ4v) is 9.97. The number of unbranched alkanes of at least 4 members (excludes halogenated alkanes) is 6. The molecule has 0 aliphatic heterocycles. The van der Waals surface area contributed by atoms with Gasteiger partial charge in [0.2, 0.25) is 29.5 Å². The van der Waals surface area contributed by atoms with Gasteiger partial charge in [-0.05, 0) is 230 Å². The molecule has 4 unspecified atom stereocenters. The van der Waals surface area contributed by atoms with Gasteiger partial charge < -0.3 is 104 Å². The lowest BCUT2D eigenvalue weighted by atomic mass is 9.95. The Bertz CT molecular complexity index is 2560. The van der Waals surface area contributed by atoms with E-state index in [2.05, 4.69) is 58.0 Å². The van der Waals surface area contributed by atoms with E-state index in [4.69, 9.17) is 52.1 Å². The van der Waals surface area contributed by atoms with Crippen molar-refractivity contribution >= 4 is 29.5 Å². The molecule has 5 amide bonds. The van der Waals surface area contributed by atoms with E-state index in [-0.39, 0.29) is 153 Å². The maximum absolute atomic E-state index is 12.6. The molecular formula is C96H199N7O20. The van der Waals surface area contributed by atoms with Crippen molar-refractivity contribution in [3.8, 4) is 0 Å². The van der Waals surface area contributed by atoms with Gasteiger partial charge in [0.25, 0.3) is 0 Å². The lowest BCUT2D eigenvalue weighted by Gasteiger charge is -2.30. The molecule has 0 aromatic heterocycles. The highest BCUT2D eigenvalue weighted by molar-refractivity contribution is 5.83. The van der Waals surface area contributed by atoms with E-state index in [1.54, 1.807) is 0 Å². The van der Waals surface area contributed by atoms with Crippen LogP contribution in [0.5, 0.6) is 0 Å². The molecular weight excluding hydrogens is 1570 g/mol. The van der Waals surface area contributed by atoms with Crippen LogP contribution in [0.25, 0.3) is 0 Å². The maximum atomic E-state index is 12.6. The number of carbonyl (C=O) groups is 5. The number of rotatable bonds is 58. The highest BCUT2D eigenvalue weighted by atomic mass is 16.5. The van der Waals surface area contributed by atoms with E-state index in [9.17, 15) is 44.4 Å². The van der Waals surface area contributed by atoms with Gasteiger partial charge in [-0.3, -0.25) is 29.3 Å².